The van der Waals surface area contributed by atoms with Crippen LogP contribution in [0.25, 0.3) is 0 Å². The van der Waals surface area contributed by atoms with E-state index in [9.17, 15) is 13.2 Å². The molecule has 0 fully saturated rings. The topological polar surface area (TPSA) is 54.2 Å². The van der Waals surface area contributed by atoms with Gasteiger partial charge in [-0.3, -0.25) is 9.67 Å². The normalized spacial score (nSPS) is 13.1. The van der Waals surface area contributed by atoms with Gasteiger partial charge in [0.2, 0.25) is 0 Å². The molecule has 27 heavy (non-hydrogen) atoms. The van der Waals surface area contributed by atoms with Crippen LogP contribution in [-0.4, -0.2) is 22.8 Å². The highest BCUT2D eigenvalue weighted by atomic mass is 127. The molecule has 0 aliphatic carbocycles. The Bertz CT molecular complexity index is 808. The lowest BCUT2D eigenvalue weighted by Gasteiger charge is -2.19. The molecule has 2 rings (SSSR count). The fraction of sp³-hybridized carbons (Fsp3) is 0.375. The van der Waals surface area contributed by atoms with Crippen LogP contribution in [0.2, 0.25) is 10.0 Å². The number of alkyl halides is 3. The molecule has 1 aromatic heterocycles. The molecule has 0 spiro atoms. The van der Waals surface area contributed by atoms with Gasteiger partial charge in [0.05, 0.1) is 6.04 Å². The van der Waals surface area contributed by atoms with E-state index >= 15 is 0 Å². The van der Waals surface area contributed by atoms with Crippen LogP contribution in [0, 0.1) is 0 Å². The number of halogens is 6. The first-order valence-electron chi connectivity index (χ1n) is 7.63. The van der Waals surface area contributed by atoms with Crippen molar-refractivity contribution in [2.45, 2.75) is 25.7 Å². The second-order valence-corrected chi connectivity index (χ2v) is 6.48. The molecule has 11 heteroatoms. The zero-order valence-corrected chi connectivity index (χ0v) is 18.6. The summed E-state index contributed by atoms with van der Waals surface area (Å²) in [5, 5.41) is 10.4. The Kier molecular flexibility index (Phi) is 8.68. The largest absolute Gasteiger partial charge is 0.435 e. The summed E-state index contributed by atoms with van der Waals surface area (Å²) in [4.78, 5) is 4.03. The van der Waals surface area contributed by atoms with Crippen molar-refractivity contribution < 1.29 is 13.2 Å². The zero-order valence-electron chi connectivity index (χ0n) is 14.7. The van der Waals surface area contributed by atoms with E-state index in [0.717, 1.165) is 10.2 Å². The smallest absolute Gasteiger partial charge is 0.352 e. The van der Waals surface area contributed by atoms with Crippen molar-refractivity contribution in [1.29, 1.82) is 0 Å². The number of benzene rings is 1. The van der Waals surface area contributed by atoms with E-state index < -0.39 is 11.9 Å². The van der Waals surface area contributed by atoms with Crippen LogP contribution in [0.4, 0.5) is 13.2 Å². The number of aromatic nitrogens is 2. The molecule has 1 heterocycles. The molecule has 1 atom stereocenters. The van der Waals surface area contributed by atoms with Crippen LogP contribution in [0.1, 0.15) is 29.8 Å². The maximum atomic E-state index is 13.0. The maximum absolute atomic E-state index is 13.0. The molecule has 2 aromatic rings. The molecule has 2 N–H and O–H groups in total. The molecule has 0 saturated carbocycles. The van der Waals surface area contributed by atoms with Gasteiger partial charge in [0.25, 0.3) is 0 Å². The van der Waals surface area contributed by atoms with Gasteiger partial charge in [-0.1, -0.05) is 29.3 Å². The Balaban J connectivity index is 0.00000364. The van der Waals surface area contributed by atoms with Crippen molar-refractivity contribution in [2.75, 3.05) is 7.05 Å². The number of hydrogen-bond donors (Lipinski definition) is 2. The number of nitrogens with zero attached hydrogens (tertiary/aromatic N) is 3. The molecule has 1 unspecified atom stereocenters. The van der Waals surface area contributed by atoms with E-state index in [1.807, 2.05) is 6.92 Å². The van der Waals surface area contributed by atoms with Crippen molar-refractivity contribution >= 4 is 53.1 Å². The van der Waals surface area contributed by atoms with E-state index in [1.165, 1.54) is 20.3 Å². The van der Waals surface area contributed by atoms with E-state index in [4.69, 9.17) is 23.2 Å². The standard InChI is InChI=1S/C16H18Cl2F3N5.HI/c1-9(12-5-4-11(17)6-13(12)18)24-15(22-2)23-7-10-8-26(3)25-14(10)16(19,20)21;/h4-6,8-9H,7H2,1-3H3,(H2,22,23,24);1H. The average Bonchev–Trinajstić information content (AvgIpc) is 2.92. The molecular weight excluding hydrogens is 517 g/mol. The molecule has 0 aliphatic heterocycles. The SMILES string of the molecule is CN=C(NCc1cn(C)nc1C(F)(F)F)NC(C)c1ccc(Cl)cc1Cl.I. The Morgan fingerprint density at radius 1 is 1.33 bits per heavy atom. The molecule has 0 amide bonds. The van der Waals surface area contributed by atoms with E-state index in [-0.39, 0.29) is 42.1 Å². The van der Waals surface area contributed by atoms with Gasteiger partial charge in [-0.25, -0.2) is 0 Å². The lowest BCUT2D eigenvalue weighted by atomic mass is 10.1. The minimum Gasteiger partial charge on any atom is -0.352 e. The van der Waals surface area contributed by atoms with Crippen LogP contribution >= 0.6 is 47.2 Å². The van der Waals surface area contributed by atoms with Crippen LogP contribution in [0.3, 0.4) is 0 Å². The van der Waals surface area contributed by atoms with E-state index in [1.54, 1.807) is 18.2 Å². The van der Waals surface area contributed by atoms with Crippen molar-refractivity contribution in [3.63, 3.8) is 0 Å². The lowest BCUT2D eigenvalue weighted by Crippen LogP contribution is -2.38. The monoisotopic (exact) mass is 535 g/mol. The molecule has 150 valence electrons. The fourth-order valence-corrected chi connectivity index (χ4v) is 2.99. The fourth-order valence-electron chi connectivity index (χ4n) is 2.41. The molecular formula is C16H19Cl2F3IN5. The molecule has 5 nitrogen and oxygen atoms in total. The second-order valence-electron chi connectivity index (χ2n) is 5.63. The summed E-state index contributed by atoms with van der Waals surface area (Å²) >= 11 is 12.1. The van der Waals surface area contributed by atoms with Crippen molar-refractivity contribution in [1.82, 2.24) is 20.4 Å². The summed E-state index contributed by atoms with van der Waals surface area (Å²) < 4.78 is 40.1. The first-order chi connectivity index (χ1) is 12.1. The number of guanidine groups is 1. The number of rotatable bonds is 4. The lowest BCUT2D eigenvalue weighted by molar-refractivity contribution is -0.142. The van der Waals surface area contributed by atoms with Gasteiger partial charge in [0, 0.05) is 42.4 Å². The summed E-state index contributed by atoms with van der Waals surface area (Å²) in [7, 11) is 2.97. The average molecular weight is 536 g/mol. The van der Waals surface area contributed by atoms with Gasteiger partial charge in [-0.05, 0) is 24.6 Å². The third kappa shape index (κ3) is 6.42. The summed E-state index contributed by atoms with van der Waals surface area (Å²) in [5.74, 6) is 0.334. The van der Waals surface area contributed by atoms with Crippen LogP contribution in [-0.2, 0) is 19.8 Å². The van der Waals surface area contributed by atoms with Crippen LogP contribution < -0.4 is 10.6 Å². The minimum atomic E-state index is -4.51. The Labute approximate surface area is 182 Å². The third-order valence-electron chi connectivity index (χ3n) is 3.63. The van der Waals surface area contributed by atoms with Gasteiger partial charge in [-0.2, -0.15) is 18.3 Å². The van der Waals surface area contributed by atoms with Gasteiger partial charge in [0.1, 0.15) is 0 Å². The molecule has 0 bridgehead atoms. The van der Waals surface area contributed by atoms with Gasteiger partial charge >= 0.3 is 6.18 Å². The summed E-state index contributed by atoms with van der Waals surface area (Å²) in [6.45, 7) is 1.77. The van der Waals surface area contributed by atoms with E-state index in [2.05, 4.69) is 20.7 Å². The summed E-state index contributed by atoms with van der Waals surface area (Å²) in [6, 6.07) is 4.88. The Morgan fingerprint density at radius 3 is 2.56 bits per heavy atom. The number of aryl methyl sites for hydroxylation is 1. The minimum absolute atomic E-state index is 0. The van der Waals surface area contributed by atoms with Crippen molar-refractivity contribution in [2.24, 2.45) is 12.0 Å². The third-order valence-corrected chi connectivity index (χ3v) is 4.19. The molecule has 1 aromatic carbocycles. The highest BCUT2D eigenvalue weighted by Gasteiger charge is 2.36. The maximum Gasteiger partial charge on any atom is 0.435 e. The molecule has 0 radical (unpaired) electrons. The first-order valence-corrected chi connectivity index (χ1v) is 8.39. The van der Waals surface area contributed by atoms with Crippen LogP contribution in [0.5, 0.6) is 0 Å². The quantitative estimate of drug-likeness (QED) is 0.336. The number of hydrogen-bond acceptors (Lipinski definition) is 2. The van der Waals surface area contributed by atoms with Crippen LogP contribution in [0.15, 0.2) is 29.4 Å². The van der Waals surface area contributed by atoms with Gasteiger partial charge in [-0.15, -0.1) is 24.0 Å². The summed E-state index contributed by atoms with van der Waals surface area (Å²) in [6.07, 6.45) is -3.19. The summed E-state index contributed by atoms with van der Waals surface area (Å²) in [5.41, 5.74) is -0.103. The predicted molar refractivity (Wildman–Crippen MR) is 112 cm³/mol. The van der Waals surface area contributed by atoms with Gasteiger partial charge in [0.15, 0.2) is 11.7 Å². The number of nitrogens with one attached hydrogen (secondary N) is 2. The Morgan fingerprint density at radius 2 is 2.00 bits per heavy atom. The van der Waals surface area contributed by atoms with Crippen molar-refractivity contribution in [3.8, 4) is 0 Å². The van der Waals surface area contributed by atoms with E-state index in [0.29, 0.717) is 16.0 Å². The first kappa shape index (κ1) is 23.8. The van der Waals surface area contributed by atoms with Gasteiger partial charge < -0.3 is 10.6 Å². The predicted octanol–water partition coefficient (Wildman–Crippen LogP) is 4.79. The highest BCUT2D eigenvalue weighted by Crippen LogP contribution is 2.30. The highest BCUT2D eigenvalue weighted by molar-refractivity contribution is 14.0. The molecule has 0 saturated heterocycles. The zero-order chi connectivity index (χ0) is 19.5. The Hall–Kier alpha value is -1.20. The van der Waals surface area contributed by atoms with Crippen molar-refractivity contribution in [3.05, 3.63) is 51.3 Å². The second kappa shape index (κ2) is 9.83. The molecule has 0 aliphatic rings. The number of aliphatic imine (C=N–C) groups is 1.